The van der Waals surface area contributed by atoms with E-state index in [1.54, 1.807) is 13.2 Å². The number of methoxy groups -OCH3 is 1. The predicted molar refractivity (Wildman–Crippen MR) is 93.8 cm³/mol. The van der Waals surface area contributed by atoms with Crippen molar-refractivity contribution in [2.45, 2.75) is 43.2 Å². The van der Waals surface area contributed by atoms with Crippen molar-refractivity contribution in [3.05, 3.63) is 46.7 Å². The standard InChI is InChI=1S/C21H23NO3/c1-24-17-7-5-14-15-10-13-4-6-16(23)19-18(13)21(14,20(17)25-19)8-9-22(15)11-12-2-3-12/h4-7,12,15,20,23H,2-3,8-11H2,1H3/t15-,20+,21?/m1/s1. The van der Waals surface area contributed by atoms with Crippen LogP contribution in [0.3, 0.4) is 0 Å². The van der Waals surface area contributed by atoms with Crippen LogP contribution in [0.15, 0.2) is 35.6 Å². The Balaban J connectivity index is 1.57. The summed E-state index contributed by atoms with van der Waals surface area (Å²) in [6.45, 7) is 2.33. The highest BCUT2D eigenvalue weighted by molar-refractivity contribution is 5.67. The van der Waals surface area contributed by atoms with Crippen molar-refractivity contribution in [2.24, 2.45) is 5.92 Å². The summed E-state index contributed by atoms with van der Waals surface area (Å²) in [5.74, 6) is 2.72. The Bertz CT molecular complexity index is 838. The van der Waals surface area contributed by atoms with E-state index in [-0.39, 0.29) is 17.3 Å². The number of phenolic OH excluding ortho intramolecular Hbond substituents is 1. The first-order chi connectivity index (χ1) is 12.2. The van der Waals surface area contributed by atoms with E-state index in [9.17, 15) is 5.11 Å². The fraction of sp³-hybridized carbons (Fsp3) is 0.524. The van der Waals surface area contributed by atoms with E-state index in [4.69, 9.17) is 9.47 Å². The van der Waals surface area contributed by atoms with Gasteiger partial charge < -0.3 is 14.6 Å². The second kappa shape index (κ2) is 4.61. The maximum absolute atomic E-state index is 10.4. The minimum Gasteiger partial charge on any atom is -0.504 e. The topological polar surface area (TPSA) is 41.9 Å². The van der Waals surface area contributed by atoms with Gasteiger partial charge in [-0.3, -0.25) is 4.90 Å². The number of ether oxygens (including phenoxy) is 2. The monoisotopic (exact) mass is 337 g/mol. The van der Waals surface area contributed by atoms with Gasteiger partial charge >= 0.3 is 0 Å². The third kappa shape index (κ3) is 1.66. The zero-order valence-electron chi connectivity index (χ0n) is 14.5. The summed E-state index contributed by atoms with van der Waals surface area (Å²) in [5, 5.41) is 10.4. The molecule has 2 aliphatic heterocycles. The highest BCUT2D eigenvalue weighted by atomic mass is 16.5. The molecule has 2 bridgehead atoms. The van der Waals surface area contributed by atoms with Gasteiger partial charge in [-0.1, -0.05) is 12.1 Å². The normalized spacial score (nSPS) is 34.8. The van der Waals surface area contributed by atoms with E-state index in [1.165, 1.54) is 36.1 Å². The van der Waals surface area contributed by atoms with Crippen LogP contribution < -0.4 is 4.74 Å². The Kier molecular flexibility index (Phi) is 2.63. The van der Waals surface area contributed by atoms with Gasteiger partial charge in [0.05, 0.1) is 12.5 Å². The molecule has 1 spiro atoms. The smallest absolute Gasteiger partial charge is 0.169 e. The number of nitrogens with zero attached hydrogens (tertiary/aromatic N) is 1. The number of phenols is 1. The predicted octanol–water partition coefficient (Wildman–Crippen LogP) is 2.90. The first-order valence-corrected chi connectivity index (χ1v) is 9.44. The van der Waals surface area contributed by atoms with Crippen molar-refractivity contribution >= 4 is 0 Å². The highest BCUT2D eigenvalue weighted by Crippen LogP contribution is 2.62. The molecule has 4 heteroatoms. The molecule has 0 aromatic heterocycles. The largest absolute Gasteiger partial charge is 0.504 e. The molecule has 25 heavy (non-hydrogen) atoms. The fourth-order valence-corrected chi connectivity index (χ4v) is 5.70. The molecule has 1 saturated heterocycles. The molecular formula is C21H23NO3. The van der Waals surface area contributed by atoms with Crippen molar-refractivity contribution in [2.75, 3.05) is 20.2 Å². The molecule has 2 heterocycles. The number of piperidine rings is 1. The Morgan fingerprint density at radius 2 is 2.20 bits per heavy atom. The molecule has 4 nitrogen and oxygen atoms in total. The summed E-state index contributed by atoms with van der Waals surface area (Å²) in [6.07, 6.45) is 9.07. The minimum absolute atomic E-state index is 0.134. The molecule has 1 unspecified atom stereocenters. The van der Waals surface area contributed by atoms with Gasteiger partial charge in [0.25, 0.3) is 0 Å². The van der Waals surface area contributed by atoms with Gasteiger partial charge in [0, 0.05) is 24.7 Å². The Hall–Kier alpha value is -1.94. The summed E-state index contributed by atoms with van der Waals surface area (Å²) < 4.78 is 12.0. The molecular weight excluding hydrogens is 314 g/mol. The van der Waals surface area contributed by atoms with Crippen LogP contribution in [-0.4, -0.2) is 42.4 Å². The van der Waals surface area contributed by atoms with E-state index in [1.807, 2.05) is 0 Å². The Morgan fingerprint density at radius 1 is 1.32 bits per heavy atom. The number of allylic oxidation sites excluding steroid dienone is 2. The molecule has 1 N–H and O–H groups in total. The van der Waals surface area contributed by atoms with Crippen molar-refractivity contribution in [1.29, 1.82) is 0 Å². The van der Waals surface area contributed by atoms with E-state index in [2.05, 4.69) is 23.1 Å². The zero-order chi connectivity index (χ0) is 16.8. The fourth-order valence-electron chi connectivity index (χ4n) is 5.70. The quantitative estimate of drug-likeness (QED) is 0.921. The first kappa shape index (κ1) is 14.3. The SMILES string of the molecule is COC1=CC=C2[C@H]3Cc4ccc(O)c5c4C2(CCN3CC2CC2)[C@H]1O5. The lowest BCUT2D eigenvalue weighted by molar-refractivity contribution is 0.0625. The van der Waals surface area contributed by atoms with E-state index in [0.717, 1.165) is 31.1 Å². The van der Waals surface area contributed by atoms with Crippen LogP contribution >= 0.6 is 0 Å². The highest BCUT2D eigenvalue weighted by Gasteiger charge is 2.62. The Morgan fingerprint density at radius 3 is 3.00 bits per heavy atom. The average molecular weight is 337 g/mol. The second-order valence-electron chi connectivity index (χ2n) is 8.22. The summed E-state index contributed by atoms with van der Waals surface area (Å²) in [6, 6.07) is 4.36. The van der Waals surface area contributed by atoms with Crippen molar-refractivity contribution in [3.63, 3.8) is 0 Å². The molecule has 0 amide bonds. The average Bonchev–Trinajstić information content (AvgIpc) is 3.37. The van der Waals surface area contributed by atoms with Crippen LogP contribution in [0, 0.1) is 5.92 Å². The van der Waals surface area contributed by atoms with Gasteiger partial charge in [-0.05, 0) is 54.9 Å². The van der Waals surface area contributed by atoms with Crippen molar-refractivity contribution < 1.29 is 14.6 Å². The summed E-state index contributed by atoms with van der Waals surface area (Å²) in [7, 11) is 1.72. The van der Waals surface area contributed by atoms with Crippen LogP contribution in [-0.2, 0) is 16.6 Å². The third-order valence-corrected chi connectivity index (χ3v) is 6.99. The van der Waals surface area contributed by atoms with Gasteiger partial charge in [-0.25, -0.2) is 0 Å². The molecule has 5 aliphatic rings. The number of benzene rings is 1. The number of likely N-dealkylation sites (tertiary alicyclic amines) is 1. The molecule has 3 aliphatic carbocycles. The minimum atomic E-state index is -0.146. The molecule has 0 radical (unpaired) electrons. The molecule has 130 valence electrons. The molecule has 1 aromatic rings. The number of rotatable bonds is 3. The number of hydrogen-bond acceptors (Lipinski definition) is 4. The maximum atomic E-state index is 10.4. The lowest BCUT2D eigenvalue weighted by atomic mass is 9.57. The van der Waals surface area contributed by atoms with Gasteiger partial charge in [0.15, 0.2) is 17.6 Å². The lowest BCUT2D eigenvalue weighted by Gasteiger charge is -2.53. The lowest BCUT2D eigenvalue weighted by Crippen LogP contribution is -2.59. The van der Waals surface area contributed by atoms with Gasteiger partial charge in [0.2, 0.25) is 0 Å². The van der Waals surface area contributed by atoms with Crippen LogP contribution in [0.25, 0.3) is 0 Å². The van der Waals surface area contributed by atoms with E-state index >= 15 is 0 Å². The van der Waals surface area contributed by atoms with Crippen molar-refractivity contribution in [3.8, 4) is 11.5 Å². The molecule has 3 atom stereocenters. The van der Waals surface area contributed by atoms with E-state index < -0.39 is 0 Å². The summed E-state index contributed by atoms with van der Waals surface area (Å²) >= 11 is 0. The van der Waals surface area contributed by atoms with Crippen LogP contribution in [0.5, 0.6) is 11.5 Å². The molecule has 1 aromatic carbocycles. The molecule has 1 saturated carbocycles. The van der Waals surface area contributed by atoms with Gasteiger partial charge in [-0.2, -0.15) is 0 Å². The van der Waals surface area contributed by atoms with E-state index in [0.29, 0.717) is 11.8 Å². The number of hydrogen-bond donors (Lipinski definition) is 1. The van der Waals surface area contributed by atoms with Crippen LogP contribution in [0.1, 0.15) is 30.4 Å². The zero-order valence-corrected chi connectivity index (χ0v) is 14.5. The van der Waals surface area contributed by atoms with Crippen molar-refractivity contribution in [1.82, 2.24) is 4.90 Å². The second-order valence-corrected chi connectivity index (χ2v) is 8.22. The van der Waals surface area contributed by atoms with Gasteiger partial charge in [0.1, 0.15) is 5.76 Å². The third-order valence-electron chi connectivity index (χ3n) is 6.99. The Labute approximate surface area is 147 Å². The maximum Gasteiger partial charge on any atom is 0.169 e. The number of aromatic hydroxyl groups is 1. The van der Waals surface area contributed by atoms with Crippen LogP contribution in [0.4, 0.5) is 0 Å². The molecule has 2 fully saturated rings. The molecule has 6 rings (SSSR count). The summed E-state index contributed by atoms with van der Waals surface area (Å²) in [4.78, 5) is 2.70. The first-order valence-electron chi connectivity index (χ1n) is 9.44. The van der Waals surface area contributed by atoms with Gasteiger partial charge in [-0.15, -0.1) is 0 Å². The summed E-state index contributed by atoms with van der Waals surface area (Å²) in [5.41, 5.74) is 3.90. The van der Waals surface area contributed by atoms with Crippen LogP contribution in [0.2, 0.25) is 0 Å².